The molecule has 0 spiro atoms. The van der Waals surface area contributed by atoms with Gasteiger partial charge in [0.25, 0.3) is 11.8 Å². The lowest BCUT2D eigenvalue weighted by molar-refractivity contribution is 0.0702. The molecule has 2 amide bonds. The molecular weight excluding hydrogens is 322 g/mol. The lowest BCUT2D eigenvalue weighted by atomic mass is 10.1. The van der Waals surface area contributed by atoms with Gasteiger partial charge in [-0.05, 0) is 30.9 Å². The van der Waals surface area contributed by atoms with Crippen LogP contribution in [0.4, 0.5) is 0 Å². The van der Waals surface area contributed by atoms with Gasteiger partial charge in [0.2, 0.25) is 5.88 Å². The van der Waals surface area contributed by atoms with Crippen molar-refractivity contribution in [3.8, 4) is 5.88 Å². The number of pyridine rings is 1. The van der Waals surface area contributed by atoms with Crippen molar-refractivity contribution in [2.24, 2.45) is 5.73 Å². The molecule has 2 aromatic heterocycles. The van der Waals surface area contributed by atoms with Gasteiger partial charge in [0.15, 0.2) is 0 Å². The summed E-state index contributed by atoms with van der Waals surface area (Å²) < 4.78 is 7.12. The van der Waals surface area contributed by atoms with Crippen LogP contribution in [0.5, 0.6) is 5.88 Å². The quantitative estimate of drug-likeness (QED) is 0.877. The van der Waals surface area contributed by atoms with Crippen LogP contribution >= 0.6 is 0 Å². The van der Waals surface area contributed by atoms with Crippen LogP contribution < -0.4 is 10.5 Å². The van der Waals surface area contributed by atoms with Crippen LogP contribution in [0.25, 0.3) is 0 Å². The van der Waals surface area contributed by atoms with Gasteiger partial charge in [-0.25, -0.2) is 9.97 Å². The predicted octanol–water partition coefficient (Wildman–Crippen LogP) is 0.530. The van der Waals surface area contributed by atoms with Crippen molar-refractivity contribution in [1.29, 1.82) is 0 Å². The molecule has 0 radical (unpaired) electrons. The number of nitrogens with zero attached hydrogens (tertiary/aromatic N) is 4. The third kappa shape index (κ3) is 2.54. The molecule has 1 aliphatic heterocycles. The number of aromatic nitrogens is 3. The second-order valence-electron chi connectivity index (χ2n) is 6.31. The Labute approximate surface area is 144 Å². The van der Waals surface area contributed by atoms with E-state index in [4.69, 9.17) is 10.5 Å². The van der Waals surface area contributed by atoms with Crippen molar-refractivity contribution < 1.29 is 14.3 Å². The van der Waals surface area contributed by atoms with Gasteiger partial charge in [0, 0.05) is 18.8 Å². The summed E-state index contributed by atoms with van der Waals surface area (Å²) in [5, 5.41) is 0. The van der Waals surface area contributed by atoms with E-state index in [1.54, 1.807) is 9.47 Å². The number of imidazole rings is 1. The number of nitrogens with two attached hydrogens (primary N) is 1. The van der Waals surface area contributed by atoms with Gasteiger partial charge in [0.05, 0.1) is 19.9 Å². The zero-order valence-electron chi connectivity index (χ0n) is 14.0. The second kappa shape index (κ2) is 5.87. The number of carbonyl (C=O) groups is 2. The van der Waals surface area contributed by atoms with Gasteiger partial charge in [-0.15, -0.1) is 0 Å². The van der Waals surface area contributed by atoms with Gasteiger partial charge in [-0.1, -0.05) is 0 Å². The van der Waals surface area contributed by atoms with E-state index in [1.807, 2.05) is 6.07 Å². The molecule has 1 aliphatic carbocycles. The van der Waals surface area contributed by atoms with E-state index in [-0.39, 0.29) is 5.91 Å². The highest BCUT2D eigenvalue weighted by molar-refractivity contribution is 5.97. The molecule has 8 nitrogen and oxygen atoms in total. The van der Waals surface area contributed by atoms with E-state index in [1.165, 1.54) is 13.3 Å². The molecule has 2 aliphatic rings. The largest absolute Gasteiger partial charge is 0.480 e. The van der Waals surface area contributed by atoms with Crippen LogP contribution in [0.3, 0.4) is 0 Å². The van der Waals surface area contributed by atoms with Gasteiger partial charge >= 0.3 is 0 Å². The maximum absolute atomic E-state index is 13.0. The normalized spacial score (nSPS) is 15.6. The molecule has 2 aromatic rings. The Kier molecular flexibility index (Phi) is 3.67. The smallest absolute Gasteiger partial charge is 0.266 e. The Morgan fingerprint density at radius 2 is 2.12 bits per heavy atom. The number of rotatable bonds is 3. The van der Waals surface area contributed by atoms with Crippen molar-refractivity contribution in [2.45, 2.75) is 32.4 Å². The van der Waals surface area contributed by atoms with E-state index in [2.05, 4.69) is 9.97 Å². The monoisotopic (exact) mass is 341 g/mol. The van der Waals surface area contributed by atoms with Gasteiger partial charge < -0.3 is 19.9 Å². The standard InChI is InChI=1S/C17H19N5O3/c1-25-16-11(7-10-3-2-4-12(10)20-16)17(24)21-5-6-22-13(15(18)23)8-19-14(22)9-21/h7-8H,2-6,9H2,1H3,(H2,18,23). The fourth-order valence-corrected chi connectivity index (χ4v) is 3.56. The van der Waals surface area contributed by atoms with Crippen LogP contribution in [0.1, 0.15) is 44.3 Å². The Morgan fingerprint density at radius 3 is 2.88 bits per heavy atom. The molecule has 8 heteroatoms. The highest BCUT2D eigenvalue weighted by atomic mass is 16.5. The zero-order valence-corrected chi connectivity index (χ0v) is 14.0. The number of carbonyl (C=O) groups excluding carboxylic acids is 2. The topological polar surface area (TPSA) is 103 Å². The number of fused-ring (bicyclic) bond motifs is 2. The number of hydrogen-bond donors (Lipinski definition) is 1. The molecule has 0 saturated carbocycles. The van der Waals surface area contributed by atoms with Gasteiger partial charge in [-0.3, -0.25) is 9.59 Å². The second-order valence-corrected chi connectivity index (χ2v) is 6.31. The Bertz CT molecular complexity index is 873. The lowest BCUT2D eigenvalue weighted by Gasteiger charge is -2.28. The van der Waals surface area contributed by atoms with Crippen LogP contribution in [0.15, 0.2) is 12.3 Å². The molecule has 0 atom stereocenters. The summed E-state index contributed by atoms with van der Waals surface area (Å²) in [6.07, 6.45) is 4.39. The van der Waals surface area contributed by atoms with Gasteiger partial charge in [0.1, 0.15) is 17.1 Å². The highest BCUT2D eigenvalue weighted by Gasteiger charge is 2.29. The summed E-state index contributed by atoms with van der Waals surface area (Å²) >= 11 is 0. The van der Waals surface area contributed by atoms with Crippen molar-refractivity contribution in [2.75, 3.05) is 13.7 Å². The molecule has 2 N–H and O–H groups in total. The molecule has 25 heavy (non-hydrogen) atoms. The van der Waals surface area contributed by atoms with E-state index < -0.39 is 5.91 Å². The third-order valence-corrected chi connectivity index (χ3v) is 4.84. The van der Waals surface area contributed by atoms with Crippen LogP contribution in [-0.2, 0) is 25.9 Å². The first-order valence-electron chi connectivity index (χ1n) is 8.28. The Morgan fingerprint density at radius 1 is 1.28 bits per heavy atom. The number of aryl methyl sites for hydroxylation is 2. The summed E-state index contributed by atoms with van der Waals surface area (Å²) in [6, 6.07) is 1.91. The first kappa shape index (κ1) is 15.6. The van der Waals surface area contributed by atoms with E-state index in [0.29, 0.717) is 42.6 Å². The number of ether oxygens (including phenoxy) is 1. The van der Waals surface area contributed by atoms with E-state index >= 15 is 0 Å². The summed E-state index contributed by atoms with van der Waals surface area (Å²) in [4.78, 5) is 34.9. The molecule has 0 bridgehead atoms. The maximum Gasteiger partial charge on any atom is 0.266 e. The molecule has 0 saturated heterocycles. The summed E-state index contributed by atoms with van der Waals surface area (Å²) in [6.45, 7) is 1.29. The number of hydrogen-bond acceptors (Lipinski definition) is 5. The number of amides is 2. The van der Waals surface area contributed by atoms with Gasteiger partial charge in [-0.2, -0.15) is 0 Å². The third-order valence-electron chi connectivity index (χ3n) is 4.84. The number of methoxy groups -OCH3 is 1. The van der Waals surface area contributed by atoms with E-state index in [9.17, 15) is 9.59 Å². The highest BCUT2D eigenvalue weighted by Crippen LogP contribution is 2.28. The van der Waals surface area contributed by atoms with Crippen molar-refractivity contribution in [1.82, 2.24) is 19.4 Å². The van der Waals surface area contributed by atoms with Crippen LogP contribution in [-0.4, -0.2) is 44.9 Å². The van der Waals surface area contributed by atoms with Crippen LogP contribution in [0.2, 0.25) is 0 Å². The average Bonchev–Trinajstić information content (AvgIpc) is 3.25. The predicted molar refractivity (Wildman–Crippen MR) is 88.3 cm³/mol. The molecular formula is C17H19N5O3. The molecule has 4 rings (SSSR count). The first-order valence-corrected chi connectivity index (χ1v) is 8.28. The van der Waals surface area contributed by atoms with Crippen molar-refractivity contribution in [3.05, 3.63) is 40.6 Å². The van der Waals surface area contributed by atoms with Crippen molar-refractivity contribution >= 4 is 11.8 Å². The fraction of sp³-hybridized carbons (Fsp3) is 0.412. The lowest BCUT2D eigenvalue weighted by Crippen LogP contribution is -2.39. The number of primary amides is 1. The minimum Gasteiger partial charge on any atom is -0.480 e. The van der Waals surface area contributed by atoms with E-state index in [0.717, 1.165) is 30.5 Å². The average molecular weight is 341 g/mol. The Hall–Kier alpha value is -2.90. The molecule has 0 aromatic carbocycles. The Balaban J connectivity index is 1.63. The molecule has 0 fully saturated rings. The summed E-state index contributed by atoms with van der Waals surface area (Å²) in [5.41, 5.74) is 8.36. The zero-order chi connectivity index (χ0) is 17.6. The minimum atomic E-state index is -0.511. The SMILES string of the molecule is COc1nc2c(cc1C(=O)N1CCn3c(C(N)=O)cnc3C1)CCC2. The maximum atomic E-state index is 13.0. The minimum absolute atomic E-state index is 0.131. The summed E-state index contributed by atoms with van der Waals surface area (Å²) in [5.74, 6) is 0.385. The van der Waals surface area contributed by atoms with Crippen molar-refractivity contribution in [3.63, 3.8) is 0 Å². The molecule has 0 unspecified atom stereocenters. The molecule has 3 heterocycles. The summed E-state index contributed by atoms with van der Waals surface area (Å²) in [7, 11) is 1.53. The van der Waals surface area contributed by atoms with Crippen LogP contribution in [0, 0.1) is 0 Å². The first-order chi connectivity index (χ1) is 12.1. The molecule has 130 valence electrons. The fourth-order valence-electron chi connectivity index (χ4n) is 3.56.